The lowest BCUT2D eigenvalue weighted by Crippen LogP contribution is -2.57. The first kappa shape index (κ1) is 22.9. The van der Waals surface area contributed by atoms with Gasteiger partial charge in [0.1, 0.15) is 18.2 Å². The molecule has 4 heterocycles. The first-order chi connectivity index (χ1) is 16.3. The van der Waals surface area contributed by atoms with Crippen LogP contribution < -0.4 is 4.90 Å². The molecule has 7 nitrogen and oxygen atoms in total. The van der Waals surface area contributed by atoms with E-state index in [-0.39, 0.29) is 23.5 Å². The smallest absolute Gasteiger partial charge is 0.257 e. The lowest BCUT2D eigenvalue weighted by atomic mass is 9.78. The minimum Gasteiger partial charge on any atom is -0.472 e. The number of anilines is 1. The van der Waals surface area contributed by atoms with Gasteiger partial charge in [-0.05, 0) is 44.2 Å². The van der Waals surface area contributed by atoms with Crippen molar-refractivity contribution >= 4 is 11.7 Å². The van der Waals surface area contributed by atoms with Crippen molar-refractivity contribution in [3.63, 3.8) is 0 Å². The molecule has 2 aromatic heterocycles. The maximum atomic E-state index is 13.2. The van der Waals surface area contributed by atoms with Crippen molar-refractivity contribution in [1.82, 2.24) is 9.88 Å². The van der Waals surface area contributed by atoms with Gasteiger partial charge in [-0.25, -0.2) is 4.98 Å². The van der Waals surface area contributed by atoms with Crippen LogP contribution in [0.15, 0.2) is 23.0 Å². The molecule has 1 atom stereocenters. The fourth-order valence-electron chi connectivity index (χ4n) is 5.52. The molecule has 34 heavy (non-hydrogen) atoms. The molecule has 5 rings (SSSR count). The molecule has 2 fully saturated rings. The summed E-state index contributed by atoms with van der Waals surface area (Å²) in [6.45, 7) is 10.9. The standard InChI is InChI=1S/C27H34N4O3/c1-17(2)23-14-30(9-10-31(23)26(32)19-8-11-33-15-19)25-21(13-28)20-12-27(3,4)34-16-22(20)24(29-25)18-6-5-7-18/h8,11,15,17-18,23H,5-7,9-10,12,14,16H2,1-4H3. The van der Waals surface area contributed by atoms with Crippen LogP contribution in [-0.2, 0) is 17.8 Å². The summed E-state index contributed by atoms with van der Waals surface area (Å²) < 4.78 is 11.3. The Kier molecular flexibility index (Phi) is 5.89. The van der Waals surface area contributed by atoms with Gasteiger partial charge < -0.3 is 19.0 Å². The minimum atomic E-state index is -0.301. The fraction of sp³-hybridized carbons (Fsp3) is 0.593. The Morgan fingerprint density at radius 2 is 2.06 bits per heavy atom. The van der Waals surface area contributed by atoms with E-state index in [1.165, 1.54) is 18.9 Å². The first-order valence-electron chi connectivity index (χ1n) is 12.5. The zero-order valence-electron chi connectivity index (χ0n) is 20.6. The third-order valence-electron chi connectivity index (χ3n) is 7.76. The summed E-state index contributed by atoms with van der Waals surface area (Å²) in [6.07, 6.45) is 7.29. The number of carbonyl (C=O) groups excluding carboxylic acids is 1. The zero-order valence-corrected chi connectivity index (χ0v) is 20.6. The molecule has 0 aromatic carbocycles. The van der Waals surface area contributed by atoms with Gasteiger partial charge in [-0.15, -0.1) is 0 Å². The number of aromatic nitrogens is 1. The Morgan fingerprint density at radius 1 is 1.26 bits per heavy atom. The second-order valence-electron chi connectivity index (χ2n) is 10.9. The van der Waals surface area contributed by atoms with Crippen molar-refractivity contribution in [2.75, 3.05) is 24.5 Å². The number of pyridine rings is 1. The van der Waals surface area contributed by atoms with Gasteiger partial charge in [0.25, 0.3) is 5.91 Å². The Morgan fingerprint density at radius 3 is 2.68 bits per heavy atom. The number of fused-ring (bicyclic) bond motifs is 1. The number of ether oxygens (including phenoxy) is 1. The third-order valence-corrected chi connectivity index (χ3v) is 7.76. The predicted molar refractivity (Wildman–Crippen MR) is 129 cm³/mol. The molecule has 7 heteroatoms. The van der Waals surface area contributed by atoms with E-state index in [9.17, 15) is 10.1 Å². The quantitative estimate of drug-likeness (QED) is 0.658. The van der Waals surface area contributed by atoms with Gasteiger partial charge in [-0.2, -0.15) is 5.26 Å². The van der Waals surface area contributed by atoms with Gasteiger partial charge in [0, 0.05) is 37.5 Å². The molecular formula is C27H34N4O3. The van der Waals surface area contributed by atoms with Gasteiger partial charge in [0.05, 0.1) is 41.3 Å². The number of amides is 1. The molecule has 0 radical (unpaired) electrons. The van der Waals surface area contributed by atoms with E-state index in [0.29, 0.717) is 49.7 Å². The molecule has 0 N–H and O–H groups in total. The van der Waals surface area contributed by atoms with Crippen LogP contribution in [0.2, 0.25) is 0 Å². The third kappa shape index (κ3) is 3.98. The van der Waals surface area contributed by atoms with Gasteiger partial charge in [-0.1, -0.05) is 20.3 Å². The van der Waals surface area contributed by atoms with E-state index < -0.39 is 0 Å². The molecule has 2 aromatic rings. The predicted octanol–water partition coefficient (Wildman–Crippen LogP) is 4.65. The van der Waals surface area contributed by atoms with E-state index in [1.807, 2.05) is 4.90 Å². The molecule has 1 saturated heterocycles. The van der Waals surface area contributed by atoms with Crippen LogP contribution in [-0.4, -0.2) is 47.1 Å². The van der Waals surface area contributed by atoms with Crippen LogP contribution in [0.4, 0.5) is 5.82 Å². The van der Waals surface area contributed by atoms with Crippen LogP contribution in [0.25, 0.3) is 0 Å². The molecular weight excluding hydrogens is 428 g/mol. The number of nitriles is 1. The number of furan rings is 1. The minimum absolute atomic E-state index is 0.0000576. The summed E-state index contributed by atoms with van der Waals surface area (Å²) in [4.78, 5) is 22.5. The average molecular weight is 463 g/mol. The second kappa shape index (κ2) is 8.74. The Labute approximate surface area is 201 Å². The number of carbonyl (C=O) groups is 1. The summed E-state index contributed by atoms with van der Waals surface area (Å²) in [6, 6.07) is 4.25. The number of hydrogen-bond acceptors (Lipinski definition) is 6. The van der Waals surface area contributed by atoms with Gasteiger partial charge in [-0.3, -0.25) is 4.79 Å². The van der Waals surface area contributed by atoms with Crippen molar-refractivity contribution in [1.29, 1.82) is 5.26 Å². The second-order valence-corrected chi connectivity index (χ2v) is 10.9. The summed E-state index contributed by atoms with van der Waals surface area (Å²) in [7, 11) is 0. The maximum absolute atomic E-state index is 13.2. The van der Waals surface area contributed by atoms with Crippen LogP contribution in [0.5, 0.6) is 0 Å². The van der Waals surface area contributed by atoms with E-state index >= 15 is 0 Å². The van der Waals surface area contributed by atoms with Crippen molar-refractivity contribution in [2.24, 2.45) is 5.92 Å². The lowest BCUT2D eigenvalue weighted by molar-refractivity contribution is -0.0410. The highest BCUT2D eigenvalue weighted by molar-refractivity contribution is 5.94. The van der Waals surface area contributed by atoms with Crippen molar-refractivity contribution in [2.45, 2.75) is 77.5 Å². The van der Waals surface area contributed by atoms with Crippen molar-refractivity contribution < 1.29 is 13.9 Å². The van der Waals surface area contributed by atoms with Crippen molar-refractivity contribution in [3.05, 3.63) is 46.5 Å². The van der Waals surface area contributed by atoms with Crippen molar-refractivity contribution in [3.8, 4) is 6.07 Å². The summed E-state index contributed by atoms with van der Waals surface area (Å²) >= 11 is 0. The monoisotopic (exact) mass is 462 g/mol. The molecule has 1 amide bonds. The Balaban J connectivity index is 1.52. The molecule has 1 saturated carbocycles. The number of hydrogen-bond donors (Lipinski definition) is 0. The number of piperazine rings is 1. The topological polar surface area (TPSA) is 82.6 Å². The Bertz CT molecular complexity index is 1110. The molecule has 0 bridgehead atoms. The van der Waals surface area contributed by atoms with Gasteiger partial charge in [0.15, 0.2) is 0 Å². The Hall–Kier alpha value is -2.85. The zero-order chi connectivity index (χ0) is 24.0. The van der Waals surface area contributed by atoms with E-state index in [4.69, 9.17) is 14.1 Å². The SMILES string of the molecule is CC(C)C1CN(c2nc(C3CCC3)c3c(c2C#N)CC(C)(C)OC3)CCN1C(=O)c1ccoc1. The van der Waals surface area contributed by atoms with Crippen LogP contribution >= 0.6 is 0 Å². The summed E-state index contributed by atoms with van der Waals surface area (Å²) in [5.74, 6) is 1.51. The highest BCUT2D eigenvalue weighted by atomic mass is 16.5. The summed E-state index contributed by atoms with van der Waals surface area (Å²) in [5, 5.41) is 10.3. The number of rotatable bonds is 4. The summed E-state index contributed by atoms with van der Waals surface area (Å²) in [5.41, 5.74) is 4.35. The first-order valence-corrected chi connectivity index (χ1v) is 12.5. The van der Waals surface area contributed by atoms with Crippen LogP contribution in [0.1, 0.15) is 85.6 Å². The fourth-order valence-corrected chi connectivity index (χ4v) is 5.52. The molecule has 3 aliphatic rings. The van der Waals surface area contributed by atoms with E-state index in [1.54, 1.807) is 6.07 Å². The number of nitrogens with zero attached hydrogens (tertiary/aromatic N) is 4. The van der Waals surface area contributed by atoms with E-state index in [2.05, 4.69) is 38.7 Å². The van der Waals surface area contributed by atoms with Crippen LogP contribution in [0, 0.1) is 17.2 Å². The molecule has 0 spiro atoms. The van der Waals surface area contributed by atoms with E-state index in [0.717, 1.165) is 35.5 Å². The lowest BCUT2D eigenvalue weighted by Gasteiger charge is -2.45. The normalized spacial score (nSPS) is 22.3. The maximum Gasteiger partial charge on any atom is 0.257 e. The molecule has 2 aliphatic heterocycles. The van der Waals surface area contributed by atoms with Gasteiger partial charge >= 0.3 is 0 Å². The highest BCUT2D eigenvalue weighted by Gasteiger charge is 2.38. The molecule has 1 aliphatic carbocycles. The molecule has 180 valence electrons. The average Bonchev–Trinajstić information content (AvgIpc) is 3.31. The van der Waals surface area contributed by atoms with Crippen LogP contribution in [0.3, 0.4) is 0 Å². The highest BCUT2D eigenvalue weighted by Crippen LogP contribution is 2.43. The van der Waals surface area contributed by atoms with Gasteiger partial charge in [0.2, 0.25) is 0 Å². The largest absolute Gasteiger partial charge is 0.472 e. The molecule has 1 unspecified atom stereocenters.